The molecule has 3 aromatic rings. The maximum Gasteiger partial charge on any atom is 0.115 e. The summed E-state index contributed by atoms with van der Waals surface area (Å²) >= 11 is 0. The van der Waals surface area contributed by atoms with E-state index in [1.165, 1.54) is 0 Å². The molecule has 0 saturated heterocycles. The van der Waals surface area contributed by atoms with Gasteiger partial charge in [0.1, 0.15) is 17.1 Å². The molecule has 0 heterocycles. The summed E-state index contributed by atoms with van der Waals surface area (Å²) in [5.41, 5.74) is 2.69. The zero-order valence-electron chi connectivity index (χ0n) is 12.2. The third-order valence-electron chi connectivity index (χ3n) is 3.03. The van der Waals surface area contributed by atoms with E-state index in [1.54, 1.807) is 24.3 Å². The first kappa shape index (κ1) is 14.6. The van der Waals surface area contributed by atoms with Gasteiger partial charge in [0.25, 0.3) is 0 Å². The third-order valence-corrected chi connectivity index (χ3v) is 3.03. The number of phenols is 1. The SMILES string of the molecule is Oc1ccc(N=Nc2ccccc2N=Nc2ccccc2)cc1. The second-order valence-corrected chi connectivity index (χ2v) is 4.74. The van der Waals surface area contributed by atoms with Crippen molar-refractivity contribution in [1.82, 2.24) is 0 Å². The first-order valence-electron chi connectivity index (χ1n) is 7.08. The van der Waals surface area contributed by atoms with Gasteiger partial charge in [-0.2, -0.15) is 10.2 Å². The summed E-state index contributed by atoms with van der Waals surface area (Å²) in [5.74, 6) is 0.195. The summed E-state index contributed by atoms with van der Waals surface area (Å²) in [6, 6.07) is 23.4. The molecule has 5 heteroatoms. The molecule has 0 aromatic heterocycles. The quantitative estimate of drug-likeness (QED) is 0.571. The highest BCUT2D eigenvalue weighted by atomic mass is 16.3. The zero-order chi connectivity index (χ0) is 15.9. The minimum Gasteiger partial charge on any atom is -0.508 e. The molecule has 23 heavy (non-hydrogen) atoms. The van der Waals surface area contributed by atoms with Crippen LogP contribution >= 0.6 is 0 Å². The van der Waals surface area contributed by atoms with Gasteiger partial charge in [0.05, 0.1) is 11.4 Å². The fraction of sp³-hybridized carbons (Fsp3) is 0. The minimum atomic E-state index is 0.195. The second-order valence-electron chi connectivity index (χ2n) is 4.74. The molecule has 3 rings (SSSR count). The van der Waals surface area contributed by atoms with Crippen molar-refractivity contribution in [2.45, 2.75) is 0 Å². The van der Waals surface area contributed by atoms with E-state index in [2.05, 4.69) is 20.5 Å². The predicted octanol–water partition coefficient (Wildman–Crippen LogP) is 6.22. The van der Waals surface area contributed by atoms with Crippen molar-refractivity contribution in [1.29, 1.82) is 0 Å². The average molecular weight is 302 g/mol. The monoisotopic (exact) mass is 302 g/mol. The van der Waals surface area contributed by atoms with Crippen molar-refractivity contribution in [3.05, 3.63) is 78.9 Å². The van der Waals surface area contributed by atoms with Gasteiger partial charge in [0.2, 0.25) is 0 Å². The molecular weight excluding hydrogens is 288 g/mol. The van der Waals surface area contributed by atoms with Gasteiger partial charge in [0, 0.05) is 0 Å². The van der Waals surface area contributed by atoms with Gasteiger partial charge >= 0.3 is 0 Å². The summed E-state index contributed by atoms with van der Waals surface area (Å²) in [6.07, 6.45) is 0. The molecule has 0 bridgehead atoms. The van der Waals surface area contributed by atoms with Crippen molar-refractivity contribution < 1.29 is 5.11 Å². The van der Waals surface area contributed by atoms with E-state index in [9.17, 15) is 5.11 Å². The number of aromatic hydroxyl groups is 1. The van der Waals surface area contributed by atoms with E-state index in [0.717, 1.165) is 5.69 Å². The van der Waals surface area contributed by atoms with Crippen LogP contribution < -0.4 is 0 Å². The molecule has 0 aliphatic heterocycles. The highest BCUT2D eigenvalue weighted by Crippen LogP contribution is 2.30. The van der Waals surface area contributed by atoms with Crippen molar-refractivity contribution >= 4 is 22.7 Å². The van der Waals surface area contributed by atoms with Crippen LogP contribution in [-0.4, -0.2) is 5.11 Å². The van der Waals surface area contributed by atoms with Gasteiger partial charge in [0.15, 0.2) is 0 Å². The molecule has 0 aliphatic carbocycles. The standard InChI is InChI=1S/C18H14N4O/c23-16-12-10-15(11-13-16)20-22-18-9-5-4-8-17(18)21-19-14-6-2-1-3-7-14/h1-13,23H. The maximum absolute atomic E-state index is 9.26. The summed E-state index contributed by atoms with van der Waals surface area (Å²) in [5, 5.41) is 26.0. The molecule has 0 amide bonds. The fourth-order valence-electron chi connectivity index (χ4n) is 1.87. The van der Waals surface area contributed by atoms with E-state index >= 15 is 0 Å². The lowest BCUT2D eigenvalue weighted by Crippen LogP contribution is -1.68. The van der Waals surface area contributed by atoms with E-state index in [4.69, 9.17) is 0 Å². The second kappa shape index (κ2) is 7.09. The Balaban J connectivity index is 1.83. The first-order chi connectivity index (χ1) is 11.3. The zero-order valence-corrected chi connectivity index (χ0v) is 12.2. The molecule has 0 atom stereocenters. The van der Waals surface area contributed by atoms with E-state index in [-0.39, 0.29) is 5.75 Å². The van der Waals surface area contributed by atoms with E-state index < -0.39 is 0 Å². The molecule has 0 fully saturated rings. The largest absolute Gasteiger partial charge is 0.508 e. The molecule has 0 unspecified atom stereocenters. The fourth-order valence-corrected chi connectivity index (χ4v) is 1.87. The van der Waals surface area contributed by atoms with Crippen molar-refractivity contribution in [3.63, 3.8) is 0 Å². The number of hydrogen-bond donors (Lipinski definition) is 1. The Morgan fingerprint density at radius 2 is 0.957 bits per heavy atom. The van der Waals surface area contributed by atoms with Crippen molar-refractivity contribution in [2.24, 2.45) is 20.5 Å². The van der Waals surface area contributed by atoms with Gasteiger partial charge < -0.3 is 5.11 Å². The van der Waals surface area contributed by atoms with Crippen LogP contribution in [0.4, 0.5) is 22.7 Å². The summed E-state index contributed by atoms with van der Waals surface area (Å²) < 4.78 is 0. The van der Waals surface area contributed by atoms with Crippen LogP contribution in [-0.2, 0) is 0 Å². The normalized spacial score (nSPS) is 11.3. The highest BCUT2D eigenvalue weighted by Gasteiger charge is 1.99. The lowest BCUT2D eigenvalue weighted by atomic mass is 10.3. The Morgan fingerprint density at radius 1 is 0.478 bits per heavy atom. The Kier molecular flexibility index (Phi) is 4.49. The van der Waals surface area contributed by atoms with Crippen LogP contribution in [0.5, 0.6) is 5.75 Å². The van der Waals surface area contributed by atoms with Gasteiger partial charge in [-0.1, -0.05) is 30.3 Å². The van der Waals surface area contributed by atoms with Gasteiger partial charge in [-0.3, -0.25) is 0 Å². The van der Waals surface area contributed by atoms with Crippen LogP contribution in [0.1, 0.15) is 0 Å². The van der Waals surface area contributed by atoms with Gasteiger partial charge in [-0.15, -0.1) is 10.2 Å². The number of azo groups is 2. The molecular formula is C18H14N4O. The maximum atomic E-state index is 9.26. The molecule has 3 aromatic carbocycles. The molecule has 0 saturated carbocycles. The lowest BCUT2D eigenvalue weighted by molar-refractivity contribution is 0.475. The number of nitrogens with zero attached hydrogens (tertiary/aromatic N) is 4. The number of rotatable bonds is 4. The van der Waals surface area contributed by atoms with E-state index in [0.29, 0.717) is 17.1 Å². The van der Waals surface area contributed by atoms with Gasteiger partial charge in [-0.25, -0.2) is 0 Å². The van der Waals surface area contributed by atoms with E-state index in [1.807, 2.05) is 54.6 Å². The Bertz CT molecular complexity index is 827. The molecule has 0 aliphatic rings. The summed E-state index contributed by atoms with van der Waals surface area (Å²) in [7, 11) is 0. The topological polar surface area (TPSA) is 69.7 Å². The summed E-state index contributed by atoms with van der Waals surface area (Å²) in [4.78, 5) is 0. The third kappa shape index (κ3) is 4.07. The molecule has 0 radical (unpaired) electrons. The van der Waals surface area contributed by atoms with Gasteiger partial charge in [-0.05, 0) is 48.5 Å². The molecule has 1 N–H and O–H groups in total. The average Bonchev–Trinajstić information content (AvgIpc) is 2.61. The van der Waals surface area contributed by atoms with Crippen LogP contribution in [0.3, 0.4) is 0 Å². The van der Waals surface area contributed by atoms with Crippen LogP contribution in [0, 0.1) is 0 Å². The first-order valence-corrected chi connectivity index (χ1v) is 7.08. The molecule has 0 spiro atoms. The smallest absolute Gasteiger partial charge is 0.115 e. The molecule has 5 nitrogen and oxygen atoms in total. The lowest BCUT2D eigenvalue weighted by Gasteiger charge is -1.98. The van der Waals surface area contributed by atoms with Crippen LogP contribution in [0.15, 0.2) is 99.3 Å². The highest BCUT2D eigenvalue weighted by molar-refractivity contribution is 5.61. The number of hydrogen-bond acceptors (Lipinski definition) is 5. The number of phenolic OH excluding ortho intramolecular Hbond substituents is 1. The summed E-state index contributed by atoms with van der Waals surface area (Å²) in [6.45, 7) is 0. The minimum absolute atomic E-state index is 0.195. The Hall–Kier alpha value is -3.34. The molecule has 112 valence electrons. The Morgan fingerprint density at radius 3 is 1.52 bits per heavy atom. The van der Waals surface area contributed by atoms with Crippen molar-refractivity contribution in [2.75, 3.05) is 0 Å². The van der Waals surface area contributed by atoms with Crippen molar-refractivity contribution in [3.8, 4) is 5.75 Å². The number of benzene rings is 3. The predicted molar refractivity (Wildman–Crippen MR) is 89.3 cm³/mol. The Labute approximate surface area is 133 Å². The van der Waals surface area contributed by atoms with Crippen LogP contribution in [0.2, 0.25) is 0 Å². The van der Waals surface area contributed by atoms with Crippen LogP contribution in [0.25, 0.3) is 0 Å².